The van der Waals surface area contributed by atoms with Gasteiger partial charge in [0, 0.05) is 10.5 Å². The lowest BCUT2D eigenvalue weighted by Gasteiger charge is -2.27. The SMILES string of the molecule is O=C(O)COc1cccc2c1CCCC2NS(=O)(=O)c1cc(Br)cc(C(F)(F)F)c1. The van der Waals surface area contributed by atoms with Crippen molar-refractivity contribution >= 4 is 31.9 Å². The first-order valence-electron chi connectivity index (χ1n) is 8.84. The first-order chi connectivity index (χ1) is 14.0. The summed E-state index contributed by atoms with van der Waals surface area (Å²) < 4.78 is 72.6. The van der Waals surface area contributed by atoms with Crippen LogP contribution in [-0.2, 0) is 27.4 Å². The monoisotopic (exact) mass is 507 g/mol. The van der Waals surface area contributed by atoms with Gasteiger partial charge >= 0.3 is 12.1 Å². The van der Waals surface area contributed by atoms with Crippen molar-refractivity contribution < 1.29 is 36.2 Å². The molecule has 1 unspecified atom stereocenters. The number of alkyl halides is 3. The Morgan fingerprint density at radius 1 is 1.27 bits per heavy atom. The fraction of sp³-hybridized carbons (Fsp3) is 0.316. The van der Waals surface area contributed by atoms with Crippen LogP contribution in [0.3, 0.4) is 0 Å². The zero-order valence-electron chi connectivity index (χ0n) is 15.4. The summed E-state index contributed by atoms with van der Waals surface area (Å²) in [5.74, 6) is -0.795. The Labute approximate surface area is 179 Å². The van der Waals surface area contributed by atoms with Crippen LogP contribution < -0.4 is 9.46 Å². The minimum absolute atomic E-state index is 0.00824. The highest BCUT2D eigenvalue weighted by molar-refractivity contribution is 9.10. The molecule has 30 heavy (non-hydrogen) atoms. The van der Waals surface area contributed by atoms with E-state index in [1.54, 1.807) is 18.2 Å². The summed E-state index contributed by atoms with van der Waals surface area (Å²) >= 11 is 2.93. The van der Waals surface area contributed by atoms with Gasteiger partial charge in [0.1, 0.15) is 5.75 Å². The van der Waals surface area contributed by atoms with Crippen LogP contribution in [0.5, 0.6) is 5.75 Å². The number of rotatable bonds is 6. The molecule has 6 nitrogen and oxygen atoms in total. The molecule has 0 bridgehead atoms. The highest BCUT2D eigenvalue weighted by Gasteiger charge is 2.33. The van der Waals surface area contributed by atoms with Gasteiger partial charge in [-0.15, -0.1) is 0 Å². The van der Waals surface area contributed by atoms with Crippen LogP contribution in [0.4, 0.5) is 13.2 Å². The predicted molar refractivity (Wildman–Crippen MR) is 105 cm³/mol. The van der Waals surface area contributed by atoms with Gasteiger partial charge in [-0.2, -0.15) is 13.2 Å². The van der Waals surface area contributed by atoms with E-state index in [1.165, 1.54) is 0 Å². The van der Waals surface area contributed by atoms with Gasteiger partial charge in [0.05, 0.1) is 10.5 Å². The highest BCUT2D eigenvalue weighted by atomic mass is 79.9. The van der Waals surface area contributed by atoms with Gasteiger partial charge in [-0.25, -0.2) is 17.9 Å². The van der Waals surface area contributed by atoms with Crippen LogP contribution in [0.25, 0.3) is 0 Å². The van der Waals surface area contributed by atoms with E-state index < -0.39 is 45.3 Å². The van der Waals surface area contributed by atoms with E-state index in [9.17, 15) is 26.4 Å². The lowest BCUT2D eigenvalue weighted by atomic mass is 9.87. The average Bonchev–Trinajstić information content (AvgIpc) is 2.65. The van der Waals surface area contributed by atoms with Gasteiger partial charge in [-0.1, -0.05) is 28.1 Å². The van der Waals surface area contributed by atoms with E-state index in [0.29, 0.717) is 42.2 Å². The lowest BCUT2D eigenvalue weighted by molar-refractivity contribution is -0.139. The lowest BCUT2D eigenvalue weighted by Crippen LogP contribution is -2.31. The standard InChI is InChI=1S/C19H17BrF3NO5S/c20-12-7-11(19(21,22)23)8-13(9-12)30(27,28)24-16-5-1-4-15-14(16)3-2-6-17(15)29-10-18(25)26/h2-3,6-9,16,24H,1,4-5,10H2,(H,25,26). The molecule has 162 valence electrons. The number of carbonyl (C=O) groups is 1. The summed E-state index contributed by atoms with van der Waals surface area (Å²) in [7, 11) is -4.26. The molecule has 0 amide bonds. The molecule has 2 aromatic rings. The molecule has 0 fully saturated rings. The van der Waals surface area contributed by atoms with Crippen molar-refractivity contribution in [2.24, 2.45) is 0 Å². The first-order valence-corrected chi connectivity index (χ1v) is 11.1. The van der Waals surface area contributed by atoms with E-state index in [4.69, 9.17) is 9.84 Å². The smallest absolute Gasteiger partial charge is 0.416 e. The molecule has 0 spiro atoms. The van der Waals surface area contributed by atoms with Crippen molar-refractivity contribution in [3.8, 4) is 5.75 Å². The topological polar surface area (TPSA) is 92.7 Å². The molecule has 0 radical (unpaired) electrons. The molecule has 1 aliphatic carbocycles. The zero-order chi connectivity index (χ0) is 22.1. The van der Waals surface area contributed by atoms with E-state index in [-0.39, 0.29) is 4.47 Å². The van der Waals surface area contributed by atoms with Crippen molar-refractivity contribution in [2.75, 3.05) is 6.61 Å². The molecule has 2 aromatic carbocycles. The summed E-state index contributed by atoms with van der Waals surface area (Å²) in [5.41, 5.74) is 0.215. The number of sulfonamides is 1. The number of benzene rings is 2. The van der Waals surface area contributed by atoms with Crippen molar-refractivity contribution in [1.29, 1.82) is 0 Å². The maximum absolute atomic E-state index is 13.1. The van der Waals surface area contributed by atoms with E-state index in [2.05, 4.69) is 20.7 Å². The second kappa shape index (κ2) is 8.56. The Hall–Kier alpha value is -2.11. The third-order valence-electron chi connectivity index (χ3n) is 4.62. The summed E-state index contributed by atoms with van der Waals surface area (Å²) in [5, 5.41) is 8.81. The van der Waals surface area contributed by atoms with Crippen LogP contribution in [-0.4, -0.2) is 26.1 Å². The molecule has 0 heterocycles. The van der Waals surface area contributed by atoms with Gasteiger partial charge < -0.3 is 9.84 Å². The number of aliphatic carboxylic acids is 1. The molecule has 1 atom stereocenters. The number of ether oxygens (including phenoxy) is 1. The molecule has 0 aromatic heterocycles. The minimum atomic E-state index is -4.69. The molecule has 0 saturated heterocycles. The maximum atomic E-state index is 13.1. The quantitative estimate of drug-likeness (QED) is 0.608. The summed E-state index contributed by atoms with van der Waals surface area (Å²) in [6, 6.07) is 6.72. The van der Waals surface area contributed by atoms with Crippen molar-refractivity contribution in [3.63, 3.8) is 0 Å². The molecule has 3 rings (SSSR count). The molecule has 0 aliphatic heterocycles. The zero-order valence-corrected chi connectivity index (χ0v) is 17.8. The van der Waals surface area contributed by atoms with Crippen molar-refractivity contribution in [2.45, 2.75) is 36.4 Å². The van der Waals surface area contributed by atoms with Crippen LogP contribution in [0.2, 0.25) is 0 Å². The Kier molecular flexibility index (Phi) is 6.44. The largest absolute Gasteiger partial charge is 0.482 e. The summed E-state index contributed by atoms with van der Waals surface area (Å²) in [6.07, 6.45) is -3.09. The second-order valence-electron chi connectivity index (χ2n) is 6.75. The molecule has 2 N–H and O–H groups in total. The molecular weight excluding hydrogens is 491 g/mol. The fourth-order valence-electron chi connectivity index (χ4n) is 3.35. The average molecular weight is 508 g/mol. The summed E-state index contributed by atoms with van der Waals surface area (Å²) in [6.45, 7) is -0.537. The van der Waals surface area contributed by atoms with E-state index in [1.807, 2.05) is 0 Å². The Balaban J connectivity index is 1.92. The number of carboxylic acids is 1. The minimum Gasteiger partial charge on any atom is -0.482 e. The number of hydrogen-bond donors (Lipinski definition) is 2. The van der Waals surface area contributed by atoms with E-state index in [0.717, 1.165) is 12.1 Å². The number of nitrogens with one attached hydrogen (secondary N) is 1. The fourth-order valence-corrected chi connectivity index (χ4v) is 5.31. The van der Waals surface area contributed by atoms with Crippen LogP contribution in [0.15, 0.2) is 45.8 Å². The molecular formula is C19H17BrF3NO5S. The summed E-state index contributed by atoms with van der Waals surface area (Å²) in [4.78, 5) is 10.3. The van der Waals surface area contributed by atoms with Crippen molar-refractivity contribution in [3.05, 3.63) is 57.6 Å². The van der Waals surface area contributed by atoms with E-state index >= 15 is 0 Å². The third kappa shape index (κ3) is 5.13. The highest BCUT2D eigenvalue weighted by Crippen LogP contribution is 2.37. The van der Waals surface area contributed by atoms with Gasteiger partial charge in [0.2, 0.25) is 10.0 Å². The Morgan fingerprint density at radius 2 is 2.00 bits per heavy atom. The number of carboxylic acid groups (broad SMARTS) is 1. The third-order valence-corrected chi connectivity index (χ3v) is 6.53. The van der Waals surface area contributed by atoms with Gasteiger partial charge in [0.25, 0.3) is 0 Å². The van der Waals surface area contributed by atoms with Gasteiger partial charge in [-0.05, 0) is 54.7 Å². The number of fused-ring (bicyclic) bond motifs is 1. The normalized spacial score (nSPS) is 16.7. The Bertz CT molecular complexity index is 1070. The predicted octanol–water partition coefficient (Wildman–Crippen LogP) is 4.29. The van der Waals surface area contributed by atoms with Gasteiger partial charge in [-0.3, -0.25) is 0 Å². The maximum Gasteiger partial charge on any atom is 0.416 e. The molecule has 1 aliphatic rings. The first kappa shape index (κ1) is 22.6. The second-order valence-corrected chi connectivity index (χ2v) is 9.38. The van der Waals surface area contributed by atoms with Crippen LogP contribution in [0, 0.1) is 0 Å². The molecule has 0 saturated carbocycles. The Morgan fingerprint density at radius 3 is 2.67 bits per heavy atom. The van der Waals surface area contributed by atoms with Gasteiger partial charge in [0.15, 0.2) is 6.61 Å². The van der Waals surface area contributed by atoms with Crippen molar-refractivity contribution in [1.82, 2.24) is 4.72 Å². The van der Waals surface area contributed by atoms with Crippen LogP contribution >= 0.6 is 15.9 Å². The number of hydrogen-bond acceptors (Lipinski definition) is 4. The number of halogens is 4. The van der Waals surface area contributed by atoms with Crippen LogP contribution in [0.1, 0.15) is 35.6 Å². The molecule has 11 heteroatoms.